The molecule has 2 heteroatoms. The average Bonchev–Trinajstić information content (AvgIpc) is 2.80. The van der Waals surface area contributed by atoms with Gasteiger partial charge in [-0.25, -0.2) is 0 Å². The lowest BCUT2D eigenvalue weighted by molar-refractivity contribution is 0.0773. The van der Waals surface area contributed by atoms with E-state index in [1.165, 1.54) is 68.9 Å². The van der Waals surface area contributed by atoms with Gasteiger partial charge in [0.1, 0.15) is 11.5 Å². The van der Waals surface area contributed by atoms with Crippen LogP contribution >= 0.6 is 0 Å². The van der Waals surface area contributed by atoms with Gasteiger partial charge in [0.15, 0.2) is 0 Å². The van der Waals surface area contributed by atoms with E-state index in [2.05, 4.69) is 58.9 Å². The summed E-state index contributed by atoms with van der Waals surface area (Å²) >= 11 is 0. The van der Waals surface area contributed by atoms with Gasteiger partial charge in [-0.15, -0.1) is 0 Å². The Morgan fingerprint density at radius 3 is 1.74 bits per heavy atom. The Bertz CT molecular complexity index is 922. The van der Waals surface area contributed by atoms with E-state index in [9.17, 15) is 10.2 Å². The normalized spacial score (nSPS) is 28.6. The van der Waals surface area contributed by atoms with E-state index in [0.29, 0.717) is 16.9 Å². The molecule has 0 aliphatic heterocycles. The molecule has 2 aromatic rings. The van der Waals surface area contributed by atoms with E-state index < -0.39 is 0 Å². The summed E-state index contributed by atoms with van der Waals surface area (Å²) in [6, 6.07) is 15.8. The van der Waals surface area contributed by atoms with Crippen LogP contribution in [0.4, 0.5) is 0 Å². The Morgan fingerprint density at radius 2 is 1.21 bits per heavy atom. The van der Waals surface area contributed by atoms with E-state index in [1.807, 2.05) is 24.3 Å². The minimum absolute atomic E-state index is 0.163. The van der Waals surface area contributed by atoms with Crippen molar-refractivity contribution in [1.29, 1.82) is 0 Å². The van der Waals surface area contributed by atoms with Gasteiger partial charge < -0.3 is 10.2 Å². The molecule has 0 bridgehead atoms. The number of hydrogen-bond donors (Lipinski definition) is 2. The Balaban J connectivity index is 1.30. The molecule has 0 unspecified atom stereocenters. The van der Waals surface area contributed by atoms with Crippen molar-refractivity contribution in [1.82, 2.24) is 0 Å². The monoisotopic (exact) mass is 462 g/mol. The van der Waals surface area contributed by atoms with Crippen LogP contribution < -0.4 is 0 Å². The average molecular weight is 463 g/mol. The number of aromatic hydroxyl groups is 2. The van der Waals surface area contributed by atoms with Gasteiger partial charge in [0.05, 0.1) is 0 Å². The van der Waals surface area contributed by atoms with Gasteiger partial charge in [-0.3, -0.25) is 0 Å². The molecular weight excluding hydrogens is 416 g/mol. The molecule has 34 heavy (non-hydrogen) atoms. The van der Waals surface area contributed by atoms with Gasteiger partial charge in [-0.05, 0) is 114 Å². The first-order chi connectivity index (χ1) is 16.0. The van der Waals surface area contributed by atoms with Gasteiger partial charge in [0, 0.05) is 0 Å². The first-order valence-corrected chi connectivity index (χ1v) is 13.6. The van der Waals surface area contributed by atoms with Gasteiger partial charge in [-0.2, -0.15) is 0 Å². The molecule has 0 saturated heterocycles. The predicted octanol–water partition coefficient (Wildman–Crippen LogP) is 8.75. The van der Waals surface area contributed by atoms with Crippen molar-refractivity contribution < 1.29 is 10.2 Å². The van der Waals surface area contributed by atoms with Crippen LogP contribution in [-0.4, -0.2) is 10.2 Å². The molecular formula is C32H46O2. The third kappa shape index (κ3) is 5.31. The van der Waals surface area contributed by atoms with E-state index >= 15 is 0 Å². The van der Waals surface area contributed by atoms with Crippen LogP contribution in [0.15, 0.2) is 48.5 Å². The third-order valence-electron chi connectivity index (χ3n) is 10.1. The number of phenolic OH excluding ortho intramolecular Hbond substituents is 2. The molecule has 2 aliphatic carbocycles. The lowest BCUT2D eigenvalue weighted by atomic mass is 9.59. The van der Waals surface area contributed by atoms with Crippen LogP contribution in [0.25, 0.3) is 0 Å². The Morgan fingerprint density at radius 1 is 0.706 bits per heavy atom. The molecule has 0 spiro atoms. The van der Waals surface area contributed by atoms with Crippen molar-refractivity contribution in [2.75, 3.05) is 0 Å². The highest BCUT2D eigenvalue weighted by Crippen LogP contribution is 2.51. The van der Waals surface area contributed by atoms with Gasteiger partial charge in [0.25, 0.3) is 0 Å². The Labute approximate surface area is 207 Å². The van der Waals surface area contributed by atoms with Gasteiger partial charge in [-0.1, -0.05) is 71.7 Å². The summed E-state index contributed by atoms with van der Waals surface area (Å²) in [4.78, 5) is 0. The minimum atomic E-state index is 0.163. The summed E-state index contributed by atoms with van der Waals surface area (Å²) in [6.45, 7) is 12.3. The summed E-state index contributed by atoms with van der Waals surface area (Å²) in [6.07, 6.45) is 11.8. The second-order valence-electron chi connectivity index (χ2n) is 13.1. The molecule has 0 heterocycles. The van der Waals surface area contributed by atoms with Gasteiger partial charge >= 0.3 is 0 Å². The van der Waals surface area contributed by atoms with Crippen molar-refractivity contribution in [3.63, 3.8) is 0 Å². The molecule has 2 N–H and O–H groups in total. The predicted molar refractivity (Wildman–Crippen MR) is 142 cm³/mol. The van der Waals surface area contributed by atoms with Crippen LogP contribution in [0.3, 0.4) is 0 Å². The maximum Gasteiger partial charge on any atom is 0.115 e. The fourth-order valence-corrected chi connectivity index (χ4v) is 7.31. The van der Waals surface area contributed by atoms with E-state index in [1.54, 1.807) is 0 Å². The number of hydrogen-bond acceptors (Lipinski definition) is 2. The fourth-order valence-electron chi connectivity index (χ4n) is 7.31. The van der Waals surface area contributed by atoms with Crippen molar-refractivity contribution in [3.05, 3.63) is 59.7 Å². The molecule has 0 amide bonds. The van der Waals surface area contributed by atoms with Crippen molar-refractivity contribution in [3.8, 4) is 11.5 Å². The molecule has 4 rings (SSSR count). The molecule has 2 nitrogen and oxygen atoms in total. The zero-order valence-electron chi connectivity index (χ0n) is 22.1. The molecule has 0 atom stereocenters. The first-order valence-electron chi connectivity index (χ1n) is 13.6. The van der Waals surface area contributed by atoms with Crippen LogP contribution in [-0.2, 0) is 10.8 Å². The summed E-state index contributed by atoms with van der Waals surface area (Å²) < 4.78 is 0. The summed E-state index contributed by atoms with van der Waals surface area (Å²) in [5.74, 6) is 3.10. The molecule has 2 aromatic carbocycles. The highest BCUT2D eigenvalue weighted by Gasteiger charge is 2.41. The molecule has 0 aromatic heterocycles. The Hall–Kier alpha value is -1.96. The summed E-state index contributed by atoms with van der Waals surface area (Å²) in [7, 11) is 0. The van der Waals surface area contributed by atoms with Crippen LogP contribution in [0.1, 0.15) is 104 Å². The fraction of sp³-hybridized carbons (Fsp3) is 0.625. The van der Waals surface area contributed by atoms with Gasteiger partial charge in [0.2, 0.25) is 0 Å². The van der Waals surface area contributed by atoms with Crippen LogP contribution in [0, 0.1) is 23.2 Å². The third-order valence-corrected chi connectivity index (χ3v) is 10.1. The quantitative estimate of drug-likeness (QED) is 0.450. The highest BCUT2D eigenvalue weighted by molar-refractivity contribution is 5.32. The molecule has 186 valence electrons. The standard InChI is InChI=1S/C32H46O2/c1-30(2,24-18-20-32(5,21-19-24)27-12-16-29(34)17-13-27)22-23-6-8-25(9-7-23)31(3,4)26-10-14-28(33)15-11-26/h10-17,23-25,33-34H,6-9,18-22H2,1-5H3. The van der Waals surface area contributed by atoms with E-state index in [-0.39, 0.29) is 10.8 Å². The highest BCUT2D eigenvalue weighted by atomic mass is 16.3. The van der Waals surface area contributed by atoms with Crippen molar-refractivity contribution in [2.45, 2.75) is 103 Å². The maximum atomic E-state index is 9.67. The second kappa shape index (κ2) is 9.59. The van der Waals surface area contributed by atoms with E-state index in [0.717, 1.165) is 17.8 Å². The zero-order valence-corrected chi connectivity index (χ0v) is 22.1. The summed E-state index contributed by atoms with van der Waals surface area (Å²) in [5, 5.41) is 19.3. The van der Waals surface area contributed by atoms with Crippen molar-refractivity contribution >= 4 is 0 Å². The number of rotatable bonds is 6. The first kappa shape index (κ1) is 25.1. The lowest BCUT2D eigenvalue weighted by Gasteiger charge is -2.46. The maximum absolute atomic E-state index is 9.67. The number of benzene rings is 2. The topological polar surface area (TPSA) is 40.5 Å². The molecule has 2 aliphatic rings. The van der Waals surface area contributed by atoms with E-state index in [4.69, 9.17) is 0 Å². The Kier molecular flexibility index (Phi) is 7.09. The smallest absolute Gasteiger partial charge is 0.115 e. The SMILES string of the molecule is CC1(c2ccc(O)cc2)CCC(C(C)(C)CC2CCC(C(C)(C)c3ccc(O)cc3)CC2)CC1. The molecule has 2 saturated carbocycles. The lowest BCUT2D eigenvalue weighted by Crippen LogP contribution is -2.37. The number of phenols is 2. The zero-order chi connectivity index (χ0) is 24.6. The summed E-state index contributed by atoms with van der Waals surface area (Å²) in [5.41, 5.74) is 3.55. The molecule has 0 radical (unpaired) electrons. The largest absolute Gasteiger partial charge is 0.508 e. The molecule has 2 fully saturated rings. The van der Waals surface area contributed by atoms with Crippen LogP contribution in [0.5, 0.6) is 11.5 Å². The van der Waals surface area contributed by atoms with Crippen LogP contribution in [0.2, 0.25) is 0 Å². The van der Waals surface area contributed by atoms with Crippen molar-refractivity contribution in [2.24, 2.45) is 23.2 Å². The minimum Gasteiger partial charge on any atom is -0.508 e. The second-order valence-corrected chi connectivity index (χ2v) is 13.1.